The Labute approximate surface area is 216 Å². The van der Waals surface area contributed by atoms with Gasteiger partial charge in [0.25, 0.3) is 5.91 Å². The SMILES string of the molecule is Cc1cc(OCc2c(F)cccc2F)c2nc(C)c(C(=O)NCC(C)(CC[Si](C)(C)C)OC(N)=O)n2c1. The Morgan fingerprint density at radius 3 is 2.43 bits per heavy atom. The van der Waals surface area contributed by atoms with E-state index in [1.807, 2.05) is 0 Å². The van der Waals surface area contributed by atoms with Gasteiger partial charge in [0.05, 0.1) is 17.8 Å². The molecule has 0 bridgehead atoms. The van der Waals surface area contributed by atoms with Crippen LogP contribution in [0.3, 0.4) is 0 Å². The number of imidazole rings is 1. The normalized spacial score (nSPS) is 13.3. The van der Waals surface area contributed by atoms with Crippen LogP contribution in [0.1, 0.15) is 40.7 Å². The van der Waals surface area contributed by atoms with Gasteiger partial charge < -0.3 is 20.5 Å². The van der Waals surface area contributed by atoms with Crippen molar-refractivity contribution in [1.29, 1.82) is 0 Å². The summed E-state index contributed by atoms with van der Waals surface area (Å²) >= 11 is 0. The number of aromatic nitrogens is 2. The maximum absolute atomic E-state index is 14.1. The predicted octanol–water partition coefficient (Wildman–Crippen LogP) is 5.12. The van der Waals surface area contributed by atoms with E-state index in [0.717, 1.165) is 23.7 Å². The van der Waals surface area contributed by atoms with Crippen molar-refractivity contribution in [2.45, 2.75) is 65.1 Å². The van der Waals surface area contributed by atoms with E-state index in [9.17, 15) is 18.4 Å². The van der Waals surface area contributed by atoms with Crippen LogP contribution in [0, 0.1) is 25.5 Å². The Morgan fingerprint density at radius 2 is 1.84 bits per heavy atom. The number of benzene rings is 1. The number of halogens is 2. The quantitative estimate of drug-likeness (QED) is 0.353. The molecule has 0 aliphatic heterocycles. The average molecular weight is 533 g/mol. The molecule has 0 aliphatic rings. The fraction of sp³-hybridized carbons (Fsp3) is 0.423. The molecule has 0 fully saturated rings. The van der Waals surface area contributed by atoms with Crippen molar-refractivity contribution in [2.75, 3.05) is 6.54 Å². The highest BCUT2D eigenvalue weighted by molar-refractivity contribution is 6.76. The molecule has 1 aromatic carbocycles. The summed E-state index contributed by atoms with van der Waals surface area (Å²) in [7, 11) is -1.44. The molecular weight excluding hydrogens is 498 g/mol. The first kappa shape index (κ1) is 28.1. The fourth-order valence-corrected chi connectivity index (χ4v) is 5.25. The minimum absolute atomic E-state index is 0.0632. The number of nitrogens with one attached hydrogen (secondary N) is 1. The molecule has 8 nitrogen and oxygen atoms in total. The number of ether oxygens (including phenoxy) is 2. The number of pyridine rings is 1. The number of hydrogen-bond acceptors (Lipinski definition) is 5. The Kier molecular flexibility index (Phi) is 8.26. The Bertz CT molecular complexity index is 1300. The van der Waals surface area contributed by atoms with Crippen LogP contribution in [0.2, 0.25) is 25.7 Å². The molecule has 2 amide bonds. The number of rotatable bonds is 10. The minimum atomic E-state index is -1.44. The highest BCUT2D eigenvalue weighted by Crippen LogP contribution is 2.27. The second kappa shape index (κ2) is 10.9. The number of carbonyl (C=O) groups is 2. The summed E-state index contributed by atoms with van der Waals surface area (Å²) in [5.41, 5.74) is 5.92. The number of carbonyl (C=O) groups excluding carboxylic acids is 2. The lowest BCUT2D eigenvalue weighted by Gasteiger charge is -2.31. The van der Waals surface area contributed by atoms with E-state index >= 15 is 0 Å². The maximum atomic E-state index is 14.1. The molecule has 0 saturated heterocycles. The minimum Gasteiger partial charge on any atom is -0.485 e. The third kappa shape index (κ3) is 7.06. The van der Waals surface area contributed by atoms with Gasteiger partial charge in [-0.15, -0.1) is 0 Å². The van der Waals surface area contributed by atoms with Gasteiger partial charge in [0, 0.05) is 14.3 Å². The van der Waals surface area contributed by atoms with Gasteiger partial charge in [0.1, 0.15) is 29.5 Å². The lowest BCUT2D eigenvalue weighted by molar-refractivity contribution is 0.0272. The zero-order valence-electron chi connectivity index (χ0n) is 22.1. The van der Waals surface area contributed by atoms with Gasteiger partial charge in [0.15, 0.2) is 11.4 Å². The molecule has 200 valence electrons. The third-order valence-corrected chi connectivity index (χ3v) is 7.77. The molecule has 11 heteroatoms. The molecule has 37 heavy (non-hydrogen) atoms. The summed E-state index contributed by atoms with van der Waals surface area (Å²) in [5, 5.41) is 2.85. The summed E-state index contributed by atoms with van der Waals surface area (Å²) in [6.07, 6.45) is 1.38. The number of aryl methyl sites for hydroxylation is 2. The first-order chi connectivity index (χ1) is 17.2. The van der Waals surface area contributed by atoms with Crippen LogP contribution >= 0.6 is 0 Å². The van der Waals surface area contributed by atoms with Crippen molar-refractivity contribution < 1.29 is 27.8 Å². The third-order valence-electron chi connectivity index (χ3n) is 6.02. The first-order valence-corrected chi connectivity index (χ1v) is 15.7. The second-order valence-corrected chi connectivity index (χ2v) is 16.3. The van der Waals surface area contributed by atoms with E-state index in [4.69, 9.17) is 15.2 Å². The average Bonchev–Trinajstić information content (AvgIpc) is 3.10. The largest absolute Gasteiger partial charge is 0.485 e. The van der Waals surface area contributed by atoms with Gasteiger partial charge in [-0.25, -0.2) is 18.6 Å². The number of primary amides is 1. The van der Waals surface area contributed by atoms with Gasteiger partial charge in [0.2, 0.25) is 0 Å². The predicted molar refractivity (Wildman–Crippen MR) is 140 cm³/mol. The standard InChI is InChI=1S/C26H34F2N4O4Si/c1-16-12-21(35-14-18-19(27)8-7-9-20(18)28)23-31-17(2)22(32(23)13-16)24(33)30-15-26(3,36-25(29)34)10-11-37(4,5)6/h7-9,12-13H,10-11,14-15H2,1-6H3,(H2,29,34)(H,30,33). The monoisotopic (exact) mass is 532 g/mol. The molecule has 3 N–H and O–H groups in total. The van der Waals surface area contributed by atoms with E-state index in [1.165, 1.54) is 6.07 Å². The number of fused-ring (bicyclic) bond motifs is 1. The van der Waals surface area contributed by atoms with Crippen LogP contribution in [-0.4, -0.2) is 41.6 Å². The van der Waals surface area contributed by atoms with Gasteiger partial charge in [-0.2, -0.15) is 0 Å². The molecule has 3 aromatic rings. The van der Waals surface area contributed by atoms with E-state index < -0.39 is 37.3 Å². The summed E-state index contributed by atoms with van der Waals surface area (Å²) in [6.45, 7) is 11.6. The number of nitrogens with zero attached hydrogens (tertiary/aromatic N) is 2. The van der Waals surface area contributed by atoms with E-state index in [-0.39, 0.29) is 30.2 Å². The molecule has 2 heterocycles. The van der Waals surface area contributed by atoms with E-state index in [1.54, 1.807) is 37.4 Å². The molecular formula is C26H34F2N4O4Si. The summed E-state index contributed by atoms with van der Waals surface area (Å²) in [6, 6.07) is 6.18. The number of hydrogen-bond donors (Lipinski definition) is 2. The van der Waals surface area contributed by atoms with Crippen LogP contribution < -0.4 is 15.8 Å². The van der Waals surface area contributed by atoms with Crippen LogP contribution in [0.4, 0.5) is 13.6 Å². The molecule has 0 aliphatic carbocycles. The van der Waals surface area contributed by atoms with Crippen molar-refractivity contribution in [1.82, 2.24) is 14.7 Å². The van der Waals surface area contributed by atoms with Crippen molar-refractivity contribution in [3.05, 3.63) is 64.6 Å². The lowest BCUT2D eigenvalue weighted by atomic mass is 10.0. The van der Waals surface area contributed by atoms with Crippen LogP contribution in [0.5, 0.6) is 5.75 Å². The first-order valence-electron chi connectivity index (χ1n) is 12.0. The summed E-state index contributed by atoms with van der Waals surface area (Å²) in [4.78, 5) is 29.3. The van der Waals surface area contributed by atoms with Gasteiger partial charge in [-0.05, 0) is 51.0 Å². The smallest absolute Gasteiger partial charge is 0.405 e. The zero-order chi connectivity index (χ0) is 27.5. The van der Waals surface area contributed by atoms with Gasteiger partial charge in [-0.1, -0.05) is 31.8 Å². The molecule has 2 aromatic heterocycles. The van der Waals surface area contributed by atoms with Gasteiger partial charge >= 0.3 is 6.09 Å². The molecule has 0 radical (unpaired) electrons. The van der Waals surface area contributed by atoms with Gasteiger partial charge in [-0.3, -0.25) is 9.20 Å². The highest BCUT2D eigenvalue weighted by atomic mass is 28.3. The number of amides is 2. The molecule has 0 saturated carbocycles. The van der Waals surface area contributed by atoms with Crippen molar-refractivity contribution in [2.24, 2.45) is 5.73 Å². The molecule has 1 unspecified atom stereocenters. The van der Waals surface area contributed by atoms with Crippen LogP contribution in [0.15, 0.2) is 30.5 Å². The Morgan fingerprint density at radius 1 is 1.19 bits per heavy atom. The van der Waals surface area contributed by atoms with E-state index in [0.29, 0.717) is 17.8 Å². The van der Waals surface area contributed by atoms with Crippen molar-refractivity contribution in [3.8, 4) is 5.75 Å². The number of nitrogens with two attached hydrogens (primary N) is 1. The lowest BCUT2D eigenvalue weighted by Crippen LogP contribution is -2.46. The Balaban J connectivity index is 1.86. The molecule has 1 atom stereocenters. The summed E-state index contributed by atoms with van der Waals surface area (Å²) in [5.74, 6) is -1.56. The zero-order valence-corrected chi connectivity index (χ0v) is 23.1. The van der Waals surface area contributed by atoms with E-state index in [2.05, 4.69) is 29.9 Å². The second-order valence-electron chi connectivity index (χ2n) is 10.7. The molecule has 3 rings (SSSR count). The van der Waals surface area contributed by atoms with Crippen molar-refractivity contribution >= 4 is 25.7 Å². The highest BCUT2D eigenvalue weighted by Gasteiger charge is 2.32. The molecule has 0 spiro atoms. The van der Waals surface area contributed by atoms with Crippen molar-refractivity contribution in [3.63, 3.8) is 0 Å². The Hall–Kier alpha value is -3.47. The fourth-order valence-electron chi connectivity index (χ4n) is 3.97. The summed E-state index contributed by atoms with van der Waals surface area (Å²) < 4.78 is 40.9. The topological polar surface area (TPSA) is 108 Å². The van der Waals surface area contributed by atoms with Crippen LogP contribution in [-0.2, 0) is 11.3 Å². The van der Waals surface area contributed by atoms with Crippen LogP contribution in [0.25, 0.3) is 5.65 Å². The maximum Gasteiger partial charge on any atom is 0.405 e.